The molecule has 0 aliphatic carbocycles. The second-order valence-corrected chi connectivity index (χ2v) is 8.04. The minimum Gasteiger partial charge on any atom is -0.207 e. The molecule has 1 aromatic heterocycles. The lowest BCUT2D eigenvalue weighted by Crippen LogP contribution is -2.30. The molecule has 0 radical (unpaired) electrons. The first kappa shape index (κ1) is 16.1. The molecule has 1 aromatic carbocycles. The van der Waals surface area contributed by atoms with Crippen LogP contribution in [0.4, 0.5) is 4.39 Å². The van der Waals surface area contributed by atoms with Gasteiger partial charge >= 0.3 is 0 Å². The zero-order chi connectivity index (χ0) is 15.6. The van der Waals surface area contributed by atoms with Crippen molar-refractivity contribution in [2.24, 2.45) is 0 Å². The maximum Gasteiger partial charge on any atom is 0.243 e. The van der Waals surface area contributed by atoms with Crippen LogP contribution in [0.1, 0.15) is 16.0 Å². The Hall–Kier alpha value is -1.24. The van der Waals surface area contributed by atoms with Gasteiger partial charge in [-0.05, 0) is 55.0 Å². The normalized spacial score (nSPS) is 12.0. The van der Waals surface area contributed by atoms with E-state index in [4.69, 9.17) is 0 Å². The molecular formula is C15H18FNO2S2. The quantitative estimate of drug-likeness (QED) is 0.844. The second kappa shape index (κ2) is 6.25. The molecule has 0 bridgehead atoms. The van der Waals surface area contributed by atoms with Crippen molar-refractivity contribution in [2.45, 2.75) is 25.2 Å². The van der Waals surface area contributed by atoms with Crippen LogP contribution in [0.25, 0.3) is 0 Å². The standard InChI is InChI=1S/C15H18FNO2S2/c1-11-9-13(16)10-12(2)15(11)21(18,19)17(3)7-6-14-5-4-8-20-14/h4-5,8-10H,6-7H2,1-3H3. The number of hydrogen-bond donors (Lipinski definition) is 0. The molecule has 2 rings (SSSR count). The highest BCUT2D eigenvalue weighted by atomic mass is 32.2. The van der Waals surface area contributed by atoms with Crippen molar-refractivity contribution in [3.05, 3.63) is 51.5 Å². The third-order valence-electron chi connectivity index (χ3n) is 3.35. The van der Waals surface area contributed by atoms with Crippen LogP contribution in [0, 0.1) is 19.7 Å². The molecule has 0 amide bonds. The minimum absolute atomic E-state index is 0.206. The fourth-order valence-corrected chi connectivity index (χ4v) is 4.58. The van der Waals surface area contributed by atoms with E-state index in [1.54, 1.807) is 32.2 Å². The molecular weight excluding hydrogens is 309 g/mol. The first-order valence-electron chi connectivity index (χ1n) is 6.58. The maximum absolute atomic E-state index is 13.3. The summed E-state index contributed by atoms with van der Waals surface area (Å²) in [7, 11) is -2.04. The fourth-order valence-electron chi connectivity index (χ4n) is 2.30. The van der Waals surface area contributed by atoms with E-state index in [2.05, 4.69) is 0 Å². The van der Waals surface area contributed by atoms with Gasteiger partial charge in [-0.25, -0.2) is 17.1 Å². The van der Waals surface area contributed by atoms with Crippen LogP contribution in [0.15, 0.2) is 34.5 Å². The molecule has 6 heteroatoms. The number of thiophene rings is 1. The highest BCUT2D eigenvalue weighted by Crippen LogP contribution is 2.24. The average Bonchev–Trinajstić information content (AvgIpc) is 2.87. The Morgan fingerprint density at radius 3 is 2.38 bits per heavy atom. The number of benzene rings is 1. The van der Waals surface area contributed by atoms with E-state index >= 15 is 0 Å². The van der Waals surface area contributed by atoms with E-state index in [0.29, 0.717) is 24.1 Å². The van der Waals surface area contributed by atoms with Gasteiger partial charge in [0.2, 0.25) is 10.0 Å². The van der Waals surface area contributed by atoms with Gasteiger partial charge in [0.1, 0.15) is 5.82 Å². The summed E-state index contributed by atoms with van der Waals surface area (Å²) in [6, 6.07) is 6.45. The Bertz CT molecular complexity index is 701. The van der Waals surface area contributed by atoms with Gasteiger partial charge in [-0.1, -0.05) is 6.07 Å². The number of hydrogen-bond acceptors (Lipinski definition) is 3. The van der Waals surface area contributed by atoms with Gasteiger partial charge in [0.15, 0.2) is 0 Å². The van der Waals surface area contributed by atoms with Crippen molar-refractivity contribution in [1.82, 2.24) is 4.31 Å². The lowest BCUT2D eigenvalue weighted by Gasteiger charge is -2.20. The SMILES string of the molecule is Cc1cc(F)cc(C)c1S(=O)(=O)N(C)CCc1cccs1. The monoisotopic (exact) mass is 327 g/mol. The molecule has 0 saturated heterocycles. The lowest BCUT2D eigenvalue weighted by atomic mass is 10.1. The van der Waals surface area contributed by atoms with Crippen LogP contribution >= 0.6 is 11.3 Å². The Kier molecular flexibility index (Phi) is 4.81. The van der Waals surface area contributed by atoms with Gasteiger partial charge in [-0.15, -0.1) is 11.3 Å². The van der Waals surface area contributed by atoms with E-state index in [-0.39, 0.29) is 4.90 Å². The first-order valence-corrected chi connectivity index (χ1v) is 8.90. The molecule has 0 atom stereocenters. The van der Waals surface area contributed by atoms with Crippen LogP contribution < -0.4 is 0 Å². The predicted octanol–water partition coefficient (Wildman–Crippen LogP) is 3.37. The van der Waals surface area contributed by atoms with Crippen LogP contribution in [-0.4, -0.2) is 26.3 Å². The molecule has 0 spiro atoms. The Balaban J connectivity index is 2.25. The number of halogens is 1. The molecule has 0 N–H and O–H groups in total. The Morgan fingerprint density at radius 2 is 1.86 bits per heavy atom. The van der Waals surface area contributed by atoms with Gasteiger partial charge in [0, 0.05) is 18.5 Å². The molecule has 0 aliphatic heterocycles. The molecule has 1 heterocycles. The molecule has 3 nitrogen and oxygen atoms in total. The summed E-state index contributed by atoms with van der Waals surface area (Å²) >= 11 is 1.61. The van der Waals surface area contributed by atoms with E-state index < -0.39 is 15.8 Å². The Morgan fingerprint density at radius 1 is 1.24 bits per heavy atom. The third-order valence-corrected chi connectivity index (χ3v) is 6.45. The molecule has 0 unspecified atom stereocenters. The van der Waals surface area contributed by atoms with Crippen molar-refractivity contribution >= 4 is 21.4 Å². The molecule has 0 aliphatic rings. The summed E-state index contributed by atoms with van der Waals surface area (Å²) in [6.07, 6.45) is 0.673. The van der Waals surface area contributed by atoms with E-state index in [0.717, 1.165) is 4.88 Å². The third kappa shape index (κ3) is 3.51. The smallest absolute Gasteiger partial charge is 0.207 e. The van der Waals surface area contributed by atoms with Gasteiger partial charge in [0.25, 0.3) is 0 Å². The largest absolute Gasteiger partial charge is 0.243 e. The van der Waals surface area contributed by atoms with E-state index in [1.165, 1.54) is 16.4 Å². The van der Waals surface area contributed by atoms with Crippen LogP contribution in [0.2, 0.25) is 0 Å². The summed E-state index contributed by atoms with van der Waals surface area (Å²) < 4.78 is 40.0. The van der Waals surface area contributed by atoms with Gasteiger partial charge < -0.3 is 0 Å². The van der Waals surface area contributed by atoms with Crippen LogP contribution in [0.5, 0.6) is 0 Å². The molecule has 114 valence electrons. The van der Waals surface area contributed by atoms with Crippen molar-refractivity contribution in [2.75, 3.05) is 13.6 Å². The van der Waals surface area contributed by atoms with Crippen molar-refractivity contribution < 1.29 is 12.8 Å². The highest BCUT2D eigenvalue weighted by molar-refractivity contribution is 7.89. The van der Waals surface area contributed by atoms with E-state index in [1.807, 2.05) is 17.5 Å². The average molecular weight is 327 g/mol. The summed E-state index contributed by atoms with van der Waals surface area (Å²) in [5.41, 5.74) is 0.881. The zero-order valence-corrected chi connectivity index (χ0v) is 13.9. The van der Waals surface area contributed by atoms with Crippen LogP contribution in [0.3, 0.4) is 0 Å². The topological polar surface area (TPSA) is 37.4 Å². The number of rotatable bonds is 5. The van der Waals surface area contributed by atoms with Crippen molar-refractivity contribution in [1.29, 1.82) is 0 Å². The first-order chi connectivity index (χ1) is 9.82. The highest BCUT2D eigenvalue weighted by Gasteiger charge is 2.25. The van der Waals surface area contributed by atoms with E-state index in [9.17, 15) is 12.8 Å². The van der Waals surface area contributed by atoms with Gasteiger partial charge in [-0.2, -0.15) is 0 Å². The van der Waals surface area contributed by atoms with Crippen molar-refractivity contribution in [3.8, 4) is 0 Å². The number of nitrogens with zero attached hydrogens (tertiary/aromatic N) is 1. The molecule has 0 saturated carbocycles. The maximum atomic E-state index is 13.3. The van der Waals surface area contributed by atoms with Crippen LogP contribution in [-0.2, 0) is 16.4 Å². The predicted molar refractivity (Wildman–Crippen MR) is 83.7 cm³/mol. The van der Waals surface area contributed by atoms with Gasteiger partial charge in [0.05, 0.1) is 4.90 Å². The summed E-state index contributed by atoms with van der Waals surface area (Å²) in [6.45, 7) is 3.64. The second-order valence-electron chi connectivity index (χ2n) is 5.02. The summed E-state index contributed by atoms with van der Waals surface area (Å²) in [5.74, 6) is -0.412. The zero-order valence-electron chi connectivity index (χ0n) is 12.3. The summed E-state index contributed by atoms with van der Waals surface area (Å²) in [4.78, 5) is 1.35. The number of likely N-dealkylation sites (N-methyl/N-ethyl adjacent to an activating group) is 1. The van der Waals surface area contributed by atoms with Crippen molar-refractivity contribution in [3.63, 3.8) is 0 Å². The van der Waals surface area contributed by atoms with Gasteiger partial charge in [-0.3, -0.25) is 0 Å². The summed E-state index contributed by atoms with van der Waals surface area (Å²) in [5, 5.41) is 1.97. The molecule has 0 fully saturated rings. The minimum atomic E-state index is -3.60. The lowest BCUT2D eigenvalue weighted by molar-refractivity contribution is 0.472. The molecule has 2 aromatic rings. The Labute approximate surface area is 129 Å². The molecule has 21 heavy (non-hydrogen) atoms. The fraction of sp³-hybridized carbons (Fsp3) is 0.333. The number of aryl methyl sites for hydroxylation is 2. The number of sulfonamides is 1.